The summed E-state index contributed by atoms with van der Waals surface area (Å²) in [4.78, 5) is 0. The molecule has 0 saturated carbocycles. The van der Waals surface area contributed by atoms with Crippen LogP contribution in [0.5, 0.6) is 0 Å². The van der Waals surface area contributed by atoms with Crippen molar-refractivity contribution in [2.75, 3.05) is 14.2 Å². The SMILES string of the molecule is COC(C)O.COC(C)O. The zero-order chi connectivity index (χ0) is 8.57. The molecule has 0 bridgehead atoms. The fraction of sp³-hybridized carbons (Fsp3) is 1.00. The van der Waals surface area contributed by atoms with Crippen molar-refractivity contribution < 1.29 is 19.7 Å². The Morgan fingerprint density at radius 1 is 0.900 bits per heavy atom. The lowest BCUT2D eigenvalue weighted by atomic mass is 10.8. The van der Waals surface area contributed by atoms with Gasteiger partial charge in [0.05, 0.1) is 0 Å². The van der Waals surface area contributed by atoms with E-state index >= 15 is 0 Å². The van der Waals surface area contributed by atoms with Gasteiger partial charge < -0.3 is 19.7 Å². The van der Waals surface area contributed by atoms with Crippen LogP contribution in [-0.2, 0) is 9.47 Å². The molecule has 0 heterocycles. The first-order chi connectivity index (χ1) is 4.54. The van der Waals surface area contributed by atoms with Gasteiger partial charge in [0.1, 0.15) is 0 Å². The third-order valence-electron chi connectivity index (χ3n) is 0.682. The highest BCUT2D eigenvalue weighted by atomic mass is 16.6. The Hall–Kier alpha value is -0.160. The molecule has 0 aliphatic rings. The average Bonchev–Trinajstić information content (AvgIpc) is 1.89. The molecule has 0 aromatic carbocycles. The summed E-state index contributed by atoms with van der Waals surface area (Å²) in [5.41, 5.74) is 0. The number of aliphatic hydroxyl groups excluding tert-OH is 2. The molecule has 4 heteroatoms. The zero-order valence-corrected chi connectivity index (χ0v) is 6.87. The minimum atomic E-state index is -0.616. The van der Waals surface area contributed by atoms with E-state index in [1.165, 1.54) is 14.2 Å². The van der Waals surface area contributed by atoms with Crippen LogP contribution in [0.25, 0.3) is 0 Å². The van der Waals surface area contributed by atoms with Gasteiger partial charge in [0, 0.05) is 14.2 Å². The van der Waals surface area contributed by atoms with E-state index < -0.39 is 12.6 Å². The van der Waals surface area contributed by atoms with Crippen molar-refractivity contribution in [2.45, 2.75) is 26.4 Å². The Balaban J connectivity index is 0. The van der Waals surface area contributed by atoms with Crippen LogP contribution in [0.3, 0.4) is 0 Å². The van der Waals surface area contributed by atoms with Crippen LogP contribution in [0.2, 0.25) is 0 Å². The largest absolute Gasteiger partial charge is 0.368 e. The minimum Gasteiger partial charge on any atom is -0.368 e. The molecule has 0 aliphatic heterocycles. The van der Waals surface area contributed by atoms with E-state index in [0.29, 0.717) is 0 Å². The smallest absolute Gasteiger partial charge is 0.151 e. The van der Waals surface area contributed by atoms with Gasteiger partial charge in [-0.15, -0.1) is 0 Å². The second-order valence-corrected chi connectivity index (χ2v) is 1.67. The summed E-state index contributed by atoms with van der Waals surface area (Å²) < 4.78 is 8.61. The van der Waals surface area contributed by atoms with Gasteiger partial charge in [-0.1, -0.05) is 0 Å². The maximum atomic E-state index is 8.14. The first-order valence-electron chi connectivity index (χ1n) is 2.96. The van der Waals surface area contributed by atoms with Gasteiger partial charge in [0.15, 0.2) is 12.6 Å². The number of rotatable bonds is 2. The van der Waals surface area contributed by atoms with Crippen molar-refractivity contribution in [3.8, 4) is 0 Å². The van der Waals surface area contributed by atoms with E-state index in [1.807, 2.05) is 0 Å². The highest BCUT2D eigenvalue weighted by molar-refractivity contribution is 4.11. The second kappa shape index (κ2) is 8.84. The Labute approximate surface area is 61.4 Å². The van der Waals surface area contributed by atoms with E-state index in [9.17, 15) is 0 Å². The summed E-state index contributed by atoms with van der Waals surface area (Å²) in [6, 6.07) is 0. The van der Waals surface area contributed by atoms with Crippen molar-refractivity contribution in [1.29, 1.82) is 0 Å². The molecule has 64 valence electrons. The van der Waals surface area contributed by atoms with E-state index in [0.717, 1.165) is 0 Å². The number of hydrogen-bond donors (Lipinski definition) is 2. The molecule has 10 heavy (non-hydrogen) atoms. The van der Waals surface area contributed by atoms with Crippen LogP contribution in [0.1, 0.15) is 13.8 Å². The molecule has 0 fully saturated rings. The van der Waals surface area contributed by atoms with Gasteiger partial charge in [0.2, 0.25) is 0 Å². The summed E-state index contributed by atoms with van der Waals surface area (Å²) in [7, 11) is 2.90. The molecule has 2 N–H and O–H groups in total. The predicted octanol–water partition coefficient (Wildman–Crippen LogP) is -0.0578. The minimum absolute atomic E-state index is 0.616. The summed E-state index contributed by atoms with van der Waals surface area (Å²) in [6.07, 6.45) is -1.23. The molecule has 2 atom stereocenters. The molecule has 0 amide bonds. The molecule has 0 aliphatic carbocycles. The van der Waals surface area contributed by atoms with Crippen LogP contribution in [0, 0.1) is 0 Å². The highest BCUT2D eigenvalue weighted by Crippen LogP contribution is 1.72. The summed E-state index contributed by atoms with van der Waals surface area (Å²) >= 11 is 0. The fourth-order valence-electron chi connectivity index (χ4n) is 0. The Morgan fingerprint density at radius 3 is 1.00 bits per heavy atom. The van der Waals surface area contributed by atoms with Crippen molar-refractivity contribution in [3.63, 3.8) is 0 Å². The number of ether oxygens (including phenoxy) is 2. The Kier molecular flexibility index (Phi) is 11.1. The van der Waals surface area contributed by atoms with Crippen LogP contribution >= 0.6 is 0 Å². The lowest BCUT2D eigenvalue weighted by Gasteiger charge is -1.94. The van der Waals surface area contributed by atoms with Crippen molar-refractivity contribution >= 4 is 0 Å². The number of hydrogen-bond acceptors (Lipinski definition) is 4. The van der Waals surface area contributed by atoms with Gasteiger partial charge in [-0.05, 0) is 13.8 Å². The van der Waals surface area contributed by atoms with E-state index in [1.54, 1.807) is 13.8 Å². The topological polar surface area (TPSA) is 58.9 Å². The number of methoxy groups -OCH3 is 2. The first kappa shape index (κ1) is 12.5. The normalized spacial score (nSPS) is 15.0. The molecular weight excluding hydrogens is 136 g/mol. The maximum Gasteiger partial charge on any atom is 0.151 e. The van der Waals surface area contributed by atoms with Crippen LogP contribution in [0.15, 0.2) is 0 Å². The quantitative estimate of drug-likeness (QED) is 0.544. The van der Waals surface area contributed by atoms with E-state index in [2.05, 4.69) is 9.47 Å². The molecule has 4 nitrogen and oxygen atoms in total. The predicted molar refractivity (Wildman–Crippen MR) is 37.4 cm³/mol. The first-order valence-corrected chi connectivity index (χ1v) is 2.96. The van der Waals surface area contributed by atoms with Crippen LogP contribution < -0.4 is 0 Å². The standard InChI is InChI=1S/2C3H8O2/c2*1-3(4)5-2/h2*3-4H,1-2H3. The highest BCUT2D eigenvalue weighted by Gasteiger charge is 1.80. The third-order valence-corrected chi connectivity index (χ3v) is 0.682. The van der Waals surface area contributed by atoms with Crippen molar-refractivity contribution in [2.24, 2.45) is 0 Å². The molecule has 0 rings (SSSR count). The van der Waals surface area contributed by atoms with E-state index in [-0.39, 0.29) is 0 Å². The maximum absolute atomic E-state index is 8.14. The monoisotopic (exact) mass is 152 g/mol. The fourth-order valence-corrected chi connectivity index (χ4v) is 0. The van der Waals surface area contributed by atoms with Gasteiger partial charge in [-0.3, -0.25) is 0 Å². The zero-order valence-electron chi connectivity index (χ0n) is 6.87. The molecule has 0 saturated heterocycles. The average molecular weight is 152 g/mol. The van der Waals surface area contributed by atoms with Gasteiger partial charge in [-0.25, -0.2) is 0 Å². The van der Waals surface area contributed by atoms with Crippen LogP contribution in [0.4, 0.5) is 0 Å². The van der Waals surface area contributed by atoms with Crippen molar-refractivity contribution in [3.05, 3.63) is 0 Å². The van der Waals surface area contributed by atoms with Gasteiger partial charge in [0.25, 0.3) is 0 Å². The second-order valence-electron chi connectivity index (χ2n) is 1.67. The van der Waals surface area contributed by atoms with Gasteiger partial charge in [-0.2, -0.15) is 0 Å². The van der Waals surface area contributed by atoms with E-state index in [4.69, 9.17) is 10.2 Å². The van der Waals surface area contributed by atoms with Crippen molar-refractivity contribution in [1.82, 2.24) is 0 Å². The lowest BCUT2D eigenvalue weighted by molar-refractivity contribution is -0.0588. The Bertz CT molecular complexity index is 45.7. The molecule has 0 aromatic rings. The van der Waals surface area contributed by atoms with Gasteiger partial charge >= 0.3 is 0 Å². The summed E-state index contributed by atoms with van der Waals surface area (Å²) in [5, 5.41) is 16.3. The third kappa shape index (κ3) is 24.9. The summed E-state index contributed by atoms with van der Waals surface area (Å²) in [5.74, 6) is 0. The molecule has 2 unspecified atom stereocenters. The lowest BCUT2D eigenvalue weighted by Crippen LogP contribution is -1.99. The molecular formula is C6H16O4. The molecule has 0 radical (unpaired) electrons. The molecule has 0 spiro atoms. The van der Waals surface area contributed by atoms with Crippen LogP contribution in [-0.4, -0.2) is 37.0 Å². The molecule has 0 aromatic heterocycles. The summed E-state index contributed by atoms with van der Waals surface area (Å²) in [6.45, 7) is 3.11. The number of aliphatic hydroxyl groups is 2. The Morgan fingerprint density at radius 2 is 1.00 bits per heavy atom.